The first kappa shape index (κ1) is 17.3. The van der Waals surface area contributed by atoms with Gasteiger partial charge in [-0.15, -0.1) is 0 Å². The van der Waals surface area contributed by atoms with Gasteiger partial charge >= 0.3 is 0 Å². The summed E-state index contributed by atoms with van der Waals surface area (Å²) in [5, 5.41) is 0. The van der Waals surface area contributed by atoms with E-state index in [2.05, 4.69) is 34.1 Å². The molecule has 4 nitrogen and oxygen atoms in total. The van der Waals surface area contributed by atoms with E-state index in [0.717, 1.165) is 38.2 Å². The summed E-state index contributed by atoms with van der Waals surface area (Å²) in [5.74, 6) is 1.56. The molecule has 0 amide bonds. The van der Waals surface area contributed by atoms with Crippen molar-refractivity contribution in [2.75, 3.05) is 13.1 Å². The summed E-state index contributed by atoms with van der Waals surface area (Å²) in [5.41, 5.74) is 2.48. The average Bonchev–Trinajstić information content (AvgIpc) is 3.17. The largest absolute Gasteiger partial charge is 0.490 e. The van der Waals surface area contributed by atoms with Gasteiger partial charge in [0.05, 0.1) is 6.10 Å². The van der Waals surface area contributed by atoms with Gasteiger partial charge in [-0.3, -0.25) is 9.69 Å². The first-order valence-corrected chi connectivity index (χ1v) is 9.93. The van der Waals surface area contributed by atoms with Crippen LogP contribution in [0.25, 0.3) is 0 Å². The summed E-state index contributed by atoms with van der Waals surface area (Å²) in [6, 6.07) is 12.3. The van der Waals surface area contributed by atoms with Crippen molar-refractivity contribution in [3.05, 3.63) is 64.1 Å². The van der Waals surface area contributed by atoms with Crippen LogP contribution >= 0.6 is 0 Å². The predicted octanol–water partition coefficient (Wildman–Crippen LogP) is 4.08. The number of pyridine rings is 1. The van der Waals surface area contributed by atoms with Crippen molar-refractivity contribution in [3.63, 3.8) is 0 Å². The number of piperidine rings is 1. The lowest BCUT2D eigenvalue weighted by molar-refractivity contribution is 0.186. The monoisotopic (exact) mass is 352 g/mol. The number of nitrogens with one attached hydrogen (secondary N) is 1. The van der Waals surface area contributed by atoms with E-state index in [1.54, 1.807) is 12.3 Å². The van der Waals surface area contributed by atoms with E-state index >= 15 is 0 Å². The molecule has 138 valence electrons. The van der Waals surface area contributed by atoms with Gasteiger partial charge in [-0.05, 0) is 75.2 Å². The Morgan fingerprint density at radius 3 is 2.58 bits per heavy atom. The molecule has 1 aromatic heterocycles. The normalized spacial score (nSPS) is 19.7. The van der Waals surface area contributed by atoms with Crippen LogP contribution in [0, 0.1) is 0 Å². The number of hydrogen-bond donors (Lipinski definition) is 1. The highest BCUT2D eigenvalue weighted by atomic mass is 16.5. The minimum atomic E-state index is 0.00270. The van der Waals surface area contributed by atoms with Gasteiger partial charge in [0.2, 0.25) is 5.56 Å². The zero-order chi connectivity index (χ0) is 17.8. The molecule has 2 heterocycles. The maximum atomic E-state index is 11.5. The average molecular weight is 352 g/mol. The van der Waals surface area contributed by atoms with Crippen LogP contribution in [-0.4, -0.2) is 29.1 Å². The quantitative estimate of drug-likeness (QED) is 0.882. The van der Waals surface area contributed by atoms with Crippen molar-refractivity contribution < 1.29 is 4.74 Å². The summed E-state index contributed by atoms with van der Waals surface area (Å²) in [4.78, 5) is 16.8. The molecule has 26 heavy (non-hydrogen) atoms. The molecule has 0 spiro atoms. The fraction of sp³-hybridized carbons (Fsp3) is 0.500. The molecule has 0 atom stereocenters. The SMILES string of the molecule is O=c1cc(C2CCN(Cc3ccccc3OC3CCCC3)CC2)cc[nH]1. The predicted molar refractivity (Wildman–Crippen MR) is 104 cm³/mol. The van der Waals surface area contributed by atoms with Gasteiger partial charge in [-0.2, -0.15) is 0 Å². The van der Waals surface area contributed by atoms with Crippen LogP contribution in [0.5, 0.6) is 5.75 Å². The summed E-state index contributed by atoms with van der Waals surface area (Å²) in [7, 11) is 0. The molecular weight excluding hydrogens is 324 g/mol. The second-order valence-corrected chi connectivity index (χ2v) is 7.67. The fourth-order valence-electron chi connectivity index (χ4n) is 4.32. The molecule has 1 aliphatic carbocycles. The molecule has 0 radical (unpaired) electrons. The summed E-state index contributed by atoms with van der Waals surface area (Å²) in [6.45, 7) is 3.08. The lowest BCUT2D eigenvalue weighted by Gasteiger charge is -2.32. The zero-order valence-electron chi connectivity index (χ0n) is 15.3. The number of ether oxygens (including phenoxy) is 1. The first-order chi connectivity index (χ1) is 12.8. The van der Waals surface area contributed by atoms with Gasteiger partial charge in [0, 0.05) is 24.4 Å². The molecule has 1 aromatic carbocycles. The Labute approximate surface area is 155 Å². The smallest absolute Gasteiger partial charge is 0.248 e. The summed E-state index contributed by atoms with van der Waals surface area (Å²) in [6.07, 6.45) is 9.35. The van der Waals surface area contributed by atoms with Gasteiger partial charge < -0.3 is 9.72 Å². The second-order valence-electron chi connectivity index (χ2n) is 7.67. The molecule has 2 fully saturated rings. The molecule has 1 aliphatic heterocycles. The fourth-order valence-corrected chi connectivity index (χ4v) is 4.32. The third-order valence-electron chi connectivity index (χ3n) is 5.82. The zero-order valence-corrected chi connectivity index (χ0v) is 15.3. The molecule has 1 saturated carbocycles. The molecule has 0 bridgehead atoms. The Bertz CT molecular complexity index is 771. The number of rotatable bonds is 5. The van der Waals surface area contributed by atoms with Gasteiger partial charge in [0.1, 0.15) is 5.75 Å². The number of nitrogens with zero attached hydrogens (tertiary/aromatic N) is 1. The van der Waals surface area contributed by atoms with Crippen molar-refractivity contribution in [2.24, 2.45) is 0 Å². The second kappa shape index (κ2) is 8.09. The molecule has 1 N–H and O–H groups in total. The molecule has 2 aliphatic rings. The third-order valence-corrected chi connectivity index (χ3v) is 5.82. The number of para-hydroxylation sites is 1. The molecule has 4 heteroatoms. The first-order valence-electron chi connectivity index (χ1n) is 9.93. The number of H-pyrrole nitrogens is 1. The topological polar surface area (TPSA) is 45.3 Å². The number of aromatic amines is 1. The van der Waals surface area contributed by atoms with Crippen LogP contribution in [0.1, 0.15) is 55.6 Å². The molecular formula is C22H28N2O2. The van der Waals surface area contributed by atoms with E-state index < -0.39 is 0 Å². The standard InChI is InChI=1S/C22H28N2O2/c25-22-15-18(9-12-23-22)17-10-13-24(14-11-17)16-19-5-1-4-8-21(19)26-20-6-2-3-7-20/h1,4-5,8-9,12,15,17,20H,2-3,6-7,10-11,13-14,16H2,(H,23,25). The van der Waals surface area contributed by atoms with Crippen LogP contribution in [0.15, 0.2) is 47.4 Å². The van der Waals surface area contributed by atoms with Crippen LogP contribution in [0.2, 0.25) is 0 Å². The molecule has 0 unspecified atom stereocenters. The highest BCUT2D eigenvalue weighted by molar-refractivity contribution is 5.33. The van der Waals surface area contributed by atoms with Crippen molar-refractivity contribution in [3.8, 4) is 5.75 Å². The molecule has 2 aromatic rings. The number of aromatic nitrogens is 1. The number of hydrogen-bond acceptors (Lipinski definition) is 3. The van der Waals surface area contributed by atoms with Gasteiger partial charge in [0.15, 0.2) is 0 Å². The molecule has 4 rings (SSSR count). The Balaban J connectivity index is 1.36. The Morgan fingerprint density at radius 1 is 1.04 bits per heavy atom. The minimum Gasteiger partial charge on any atom is -0.490 e. The highest BCUT2D eigenvalue weighted by Crippen LogP contribution is 2.30. The highest BCUT2D eigenvalue weighted by Gasteiger charge is 2.22. The van der Waals surface area contributed by atoms with Crippen molar-refractivity contribution in [1.82, 2.24) is 9.88 Å². The van der Waals surface area contributed by atoms with E-state index in [1.807, 2.05) is 6.07 Å². The van der Waals surface area contributed by atoms with Crippen molar-refractivity contribution >= 4 is 0 Å². The maximum Gasteiger partial charge on any atom is 0.248 e. The lowest BCUT2D eigenvalue weighted by Crippen LogP contribution is -2.33. The minimum absolute atomic E-state index is 0.00270. The van der Waals surface area contributed by atoms with Gasteiger partial charge in [-0.1, -0.05) is 18.2 Å². The Kier molecular flexibility index (Phi) is 5.40. The summed E-state index contributed by atoms with van der Waals surface area (Å²) >= 11 is 0. The van der Waals surface area contributed by atoms with E-state index in [1.165, 1.54) is 36.8 Å². The third kappa shape index (κ3) is 4.18. The Hall–Kier alpha value is -2.07. The van der Waals surface area contributed by atoms with Crippen LogP contribution in [0.3, 0.4) is 0 Å². The van der Waals surface area contributed by atoms with Crippen LogP contribution in [-0.2, 0) is 6.54 Å². The number of likely N-dealkylation sites (tertiary alicyclic amines) is 1. The molecule has 1 saturated heterocycles. The van der Waals surface area contributed by atoms with Gasteiger partial charge in [-0.25, -0.2) is 0 Å². The van der Waals surface area contributed by atoms with E-state index in [4.69, 9.17) is 4.74 Å². The summed E-state index contributed by atoms with van der Waals surface area (Å²) < 4.78 is 6.29. The number of benzene rings is 1. The van der Waals surface area contributed by atoms with Crippen molar-refractivity contribution in [1.29, 1.82) is 0 Å². The van der Waals surface area contributed by atoms with E-state index in [9.17, 15) is 4.79 Å². The van der Waals surface area contributed by atoms with E-state index in [0.29, 0.717) is 12.0 Å². The van der Waals surface area contributed by atoms with Gasteiger partial charge in [0.25, 0.3) is 0 Å². The van der Waals surface area contributed by atoms with Crippen LogP contribution in [0.4, 0.5) is 0 Å². The van der Waals surface area contributed by atoms with E-state index in [-0.39, 0.29) is 5.56 Å². The van der Waals surface area contributed by atoms with Crippen LogP contribution < -0.4 is 10.3 Å². The maximum absolute atomic E-state index is 11.5. The lowest BCUT2D eigenvalue weighted by atomic mass is 9.90. The van der Waals surface area contributed by atoms with Crippen molar-refractivity contribution in [2.45, 2.75) is 57.1 Å². The Morgan fingerprint density at radius 2 is 1.81 bits per heavy atom.